The van der Waals surface area contributed by atoms with Crippen LogP contribution in [0.25, 0.3) is 0 Å². The molecule has 0 aliphatic carbocycles. The number of carbonyl (C=O) groups is 2. The van der Waals surface area contributed by atoms with Crippen molar-refractivity contribution in [2.75, 3.05) is 182 Å². The van der Waals surface area contributed by atoms with Crippen LogP contribution in [0.3, 0.4) is 0 Å². The molecule has 0 spiro atoms. The smallest absolute Gasteiger partial charge is 0.150 e. The van der Waals surface area contributed by atoms with Gasteiger partial charge in [0.25, 0.3) is 0 Å². The number of phenolic OH excluding ortho intramolecular Hbond substituents is 3. The molecule has 8 aromatic rings. The summed E-state index contributed by atoms with van der Waals surface area (Å²) >= 11 is 16.9. The molecular formula is C105H155Cl6N7O15. The number of piperidine rings is 7. The van der Waals surface area contributed by atoms with Gasteiger partial charge < -0.3 is 74.3 Å². The zero-order valence-electron chi connectivity index (χ0n) is 78.4. The third-order valence-corrected chi connectivity index (χ3v) is 23.6. The highest BCUT2D eigenvalue weighted by atomic mass is 35.5. The van der Waals surface area contributed by atoms with Crippen LogP contribution in [0.1, 0.15) is 189 Å². The van der Waals surface area contributed by atoms with E-state index >= 15 is 0 Å². The third kappa shape index (κ3) is 57.5. The average molecular weight is 1970 g/mol. The van der Waals surface area contributed by atoms with Gasteiger partial charge in [0.05, 0.1) is 33.0 Å². The standard InChI is InChI=1S/C14H20ClNO.3C14H21NO2.C14H19NO2.2C7H14ClN.2C7H8O2.C7H6O2.3ClH/c15-12-13-4-6-14(7-5-13)17-11-10-16-8-2-1-3-9-16;4*16-12-13-4-6-14(7-5-13)17-11-10-15-8-2-1-3-9-15;2*8-4-7-9-5-2-1-3-6-9;3*8-5-6-1-3-7(9)4-2-6;;;/h4-7H,1-3,8-12H2;3*4-7,16H,1-3,8-12H2;4-7,12H,1-3,8-11H2;2*1-7H2;2*1-4,8-9H,5H2;1-5,9H;3*1H. The molecular weight excluding hydrogens is 1810 g/mol. The van der Waals surface area contributed by atoms with E-state index in [1.165, 1.54) is 239 Å². The van der Waals surface area contributed by atoms with Gasteiger partial charge in [-0.1, -0.05) is 118 Å². The summed E-state index contributed by atoms with van der Waals surface area (Å²) in [6.07, 6.45) is 30.0. The maximum atomic E-state index is 10.5. The van der Waals surface area contributed by atoms with Gasteiger partial charge in [-0.3, -0.25) is 34.1 Å². The normalized spacial score (nSPS) is 15.7. The number of aldehydes is 2. The minimum absolute atomic E-state index is 0. The number of phenols is 3. The molecule has 7 heterocycles. The summed E-state index contributed by atoms with van der Waals surface area (Å²) in [6.45, 7) is 28.6. The SMILES string of the molecule is Cl.Cl.Cl.ClCCN1CCCCC1.ClCCN1CCCCC1.ClCc1ccc(OCCN2CCCCC2)cc1.O=Cc1ccc(O)cc1.O=Cc1ccc(OCCN2CCCCC2)cc1.OCc1ccc(O)cc1.OCc1ccc(O)cc1.OCc1ccc(OCCN2CCCCC2)cc1.OCc1ccc(OCCN2CCCCC2)cc1.OCc1ccc(OCCN2CCCCC2)cc1. The molecule has 0 unspecified atom stereocenters. The number of carbonyl (C=O) groups excluding carboxylic acids is 2. The van der Waals surface area contributed by atoms with Crippen LogP contribution in [0, 0.1) is 0 Å². The molecule has 15 rings (SSSR count). The Kier molecular flexibility index (Phi) is 71.0. The van der Waals surface area contributed by atoms with Crippen LogP contribution in [0.2, 0.25) is 0 Å². The highest BCUT2D eigenvalue weighted by Gasteiger charge is 2.16. The Hall–Kier alpha value is -7.24. The average Bonchev–Trinajstić information content (AvgIpc) is 0.914. The van der Waals surface area contributed by atoms with Crippen molar-refractivity contribution >= 4 is 84.6 Å². The molecule has 8 N–H and O–H groups in total. The molecule has 7 aliphatic heterocycles. The summed E-state index contributed by atoms with van der Waals surface area (Å²) in [6, 6.07) is 57.1. The van der Waals surface area contributed by atoms with Crippen LogP contribution >= 0.6 is 72.0 Å². The number of ether oxygens (including phenoxy) is 5. The van der Waals surface area contributed by atoms with E-state index in [9.17, 15) is 9.59 Å². The van der Waals surface area contributed by atoms with Crippen molar-refractivity contribution in [1.82, 2.24) is 34.3 Å². The van der Waals surface area contributed by atoms with Gasteiger partial charge in [-0.15, -0.1) is 72.0 Å². The fraction of sp³-hybridized carbons (Fsp3) is 0.524. The van der Waals surface area contributed by atoms with Gasteiger partial charge in [0, 0.05) is 74.6 Å². The third-order valence-electron chi connectivity index (χ3n) is 23.0. The molecule has 0 aromatic heterocycles. The van der Waals surface area contributed by atoms with Gasteiger partial charge in [-0.2, -0.15) is 0 Å². The lowest BCUT2D eigenvalue weighted by Gasteiger charge is -2.26. The predicted octanol–water partition coefficient (Wildman–Crippen LogP) is 19.4. The molecule has 28 heteroatoms. The number of aromatic hydroxyl groups is 3. The number of hydrogen-bond acceptors (Lipinski definition) is 22. The van der Waals surface area contributed by atoms with Crippen LogP contribution in [-0.4, -0.2) is 270 Å². The Balaban J connectivity index is 0.000000384. The zero-order valence-corrected chi connectivity index (χ0v) is 83.2. The van der Waals surface area contributed by atoms with Gasteiger partial charge in [-0.25, -0.2) is 0 Å². The molecule has 0 bridgehead atoms. The van der Waals surface area contributed by atoms with Crippen molar-refractivity contribution in [3.63, 3.8) is 0 Å². The summed E-state index contributed by atoms with van der Waals surface area (Å²) in [4.78, 5) is 37.7. The Bertz CT molecular complexity index is 3680. The number of alkyl halides is 3. The van der Waals surface area contributed by atoms with Crippen LogP contribution in [0.4, 0.5) is 0 Å². The molecule has 0 amide bonds. The number of nitrogens with zero attached hydrogens (tertiary/aromatic N) is 7. The topological polar surface area (TPSA) is 265 Å². The first-order chi connectivity index (χ1) is 63.7. The van der Waals surface area contributed by atoms with E-state index < -0.39 is 0 Å². The molecule has 7 fully saturated rings. The molecule has 742 valence electrons. The predicted molar refractivity (Wildman–Crippen MR) is 549 cm³/mol. The van der Waals surface area contributed by atoms with E-state index in [1.807, 2.05) is 109 Å². The van der Waals surface area contributed by atoms with Gasteiger partial charge in [-0.05, 0) is 336 Å². The summed E-state index contributed by atoms with van der Waals surface area (Å²) in [7, 11) is 0. The van der Waals surface area contributed by atoms with E-state index in [2.05, 4.69) is 34.3 Å². The van der Waals surface area contributed by atoms with E-state index in [4.69, 9.17) is 99.3 Å². The summed E-state index contributed by atoms with van der Waals surface area (Å²) in [5, 5.41) is 70.2. The van der Waals surface area contributed by atoms with E-state index in [0.29, 0.717) is 17.0 Å². The van der Waals surface area contributed by atoms with E-state index in [1.54, 1.807) is 72.8 Å². The number of aliphatic hydroxyl groups excluding tert-OH is 5. The second-order valence-electron chi connectivity index (χ2n) is 33.2. The minimum Gasteiger partial charge on any atom is -0.508 e. The Morgan fingerprint density at radius 1 is 0.226 bits per heavy atom. The highest BCUT2D eigenvalue weighted by Crippen LogP contribution is 2.22. The highest BCUT2D eigenvalue weighted by molar-refractivity contribution is 6.18. The van der Waals surface area contributed by atoms with E-state index in [-0.39, 0.29) is 87.5 Å². The van der Waals surface area contributed by atoms with Crippen molar-refractivity contribution in [1.29, 1.82) is 0 Å². The Morgan fingerprint density at radius 3 is 0.556 bits per heavy atom. The van der Waals surface area contributed by atoms with Crippen LogP contribution in [-0.2, 0) is 38.9 Å². The van der Waals surface area contributed by atoms with Crippen molar-refractivity contribution in [2.45, 2.75) is 174 Å². The monoisotopic (exact) mass is 1960 g/mol. The number of aliphatic hydroxyl groups is 5. The first-order valence-electron chi connectivity index (χ1n) is 47.4. The zero-order chi connectivity index (χ0) is 92.7. The molecule has 7 saturated heterocycles. The first kappa shape index (κ1) is 120. The van der Waals surface area contributed by atoms with Crippen LogP contribution in [0.5, 0.6) is 46.0 Å². The van der Waals surface area contributed by atoms with Crippen molar-refractivity contribution in [3.8, 4) is 46.0 Å². The molecule has 8 aromatic carbocycles. The van der Waals surface area contributed by atoms with Crippen LogP contribution in [0.15, 0.2) is 194 Å². The number of halogens is 6. The Labute approximate surface area is 828 Å². The quantitative estimate of drug-likeness (QED) is 0.0144. The summed E-state index contributed by atoms with van der Waals surface area (Å²) in [5.41, 5.74) is 6.80. The minimum atomic E-state index is 0. The maximum absolute atomic E-state index is 10.5. The molecule has 22 nitrogen and oxygen atoms in total. The molecule has 0 saturated carbocycles. The second-order valence-corrected chi connectivity index (χ2v) is 34.2. The molecule has 0 atom stereocenters. The van der Waals surface area contributed by atoms with Crippen molar-refractivity contribution < 1.29 is 74.1 Å². The van der Waals surface area contributed by atoms with E-state index in [0.717, 1.165) is 165 Å². The van der Waals surface area contributed by atoms with Gasteiger partial charge in [0.2, 0.25) is 0 Å². The lowest BCUT2D eigenvalue weighted by Crippen LogP contribution is -2.33. The van der Waals surface area contributed by atoms with Crippen molar-refractivity contribution in [3.05, 3.63) is 239 Å². The summed E-state index contributed by atoms with van der Waals surface area (Å²) in [5.74, 6) is 7.23. The van der Waals surface area contributed by atoms with Crippen LogP contribution < -0.4 is 23.7 Å². The summed E-state index contributed by atoms with van der Waals surface area (Å²) < 4.78 is 28.4. The largest absolute Gasteiger partial charge is 0.508 e. The maximum Gasteiger partial charge on any atom is 0.150 e. The fourth-order valence-corrected chi connectivity index (χ4v) is 15.8. The number of benzene rings is 8. The second kappa shape index (κ2) is 78.8. The van der Waals surface area contributed by atoms with Gasteiger partial charge >= 0.3 is 0 Å². The van der Waals surface area contributed by atoms with Crippen molar-refractivity contribution in [2.24, 2.45) is 0 Å². The molecule has 0 radical (unpaired) electrons. The number of rotatable bonds is 32. The molecule has 133 heavy (non-hydrogen) atoms. The van der Waals surface area contributed by atoms with Gasteiger partial charge in [0.1, 0.15) is 91.6 Å². The fourth-order valence-electron chi connectivity index (χ4n) is 15.1. The lowest BCUT2D eigenvalue weighted by atomic mass is 10.1. The Morgan fingerprint density at radius 2 is 0.383 bits per heavy atom. The lowest BCUT2D eigenvalue weighted by molar-refractivity contribution is 0.111. The number of likely N-dealkylation sites (tertiary alicyclic amines) is 7. The first-order valence-corrected chi connectivity index (χ1v) is 49.0. The number of hydrogen-bond donors (Lipinski definition) is 8. The molecule has 7 aliphatic rings. The van der Waals surface area contributed by atoms with Gasteiger partial charge in [0.15, 0.2) is 0 Å².